The molecule has 40 heavy (non-hydrogen) atoms. The number of carboxylic acid groups (broad SMARTS) is 1. The van der Waals surface area contributed by atoms with E-state index in [0.29, 0.717) is 56.0 Å². The van der Waals surface area contributed by atoms with E-state index in [1.807, 2.05) is 4.90 Å². The molecule has 3 heterocycles. The summed E-state index contributed by atoms with van der Waals surface area (Å²) in [5.41, 5.74) is 1.02. The number of benzene rings is 1. The van der Waals surface area contributed by atoms with Gasteiger partial charge in [0.15, 0.2) is 0 Å². The van der Waals surface area contributed by atoms with Crippen molar-refractivity contribution in [2.75, 3.05) is 29.3 Å². The van der Waals surface area contributed by atoms with Gasteiger partial charge >= 0.3 is 16.2 Å². The zero-order chi connectivity index (χ0) is 28.9. The molecule has 0 aliphatic carbocycles. The van der Waals surface area contributed by atoms with Gasteiger partial charge in [-0.15, -0.1) is 0 Å². The molecule has 0 radical (unpaired) electrons. The van der Waals surface area contributed by atoms with Crippen LogP contribution in [0.3, 0.4) is 0 Å². The summed E-state index contributed by atoms with van der Waals surface area (Å²) in [5, 5.41) is 20.0. The first kappa shape index (κ1) is 28.8. The third kappa shape index (κ3) is 6.51. The van der Waals surface area contributed by atoms with Crippen molar-refractivity contribution in [1.29, 1.82) is 5.26 Å². The molecular formula is C27H32N6O6S. The van der Waals surface area contributed by atoms with E-state index in [4.69, 9.17) is 0 Å². The lowest BCUT2D eigenvalue weighted by atomic mass is 9.94. The number of hydrogen-bond donors (Lipinski definition) is 3. The number of nitriles is 1. The molecule has 2 saturated heterocycles. The number of hydrogen-bond acceptors (Lipinski definition) is 8. The van der Waals surface area contributed by atoms with Gasteiger partial charge in [-0.1, -0.05) is 25.1 Å². The van der Waals surface area contributed by atoms with Crippen LogP contribution in [0.4, 0.5) is 11.5 Å². The highest BCUT2D eigenvalue weighted by atomic mass is 32.2. The van der Waals surface area contributed by atoms with Crippen LogP contribution in [0.15, 0.2) is 30.3 Å². The van der Waals surface area contributed by atoms with Crippen LogP contribution in [0.1, 0.15) is 66.2 Å². The minimum Gasteiger partial charge on any atom is -0.478 e. The number of carbonyl (C=O) groups excluding carboxylic acids is 2. The highest BCUT2D eigenvalue weighted by Gasteiger charge is 2.32. The first-order chi connectivity index (χ1) is 19.1. The maximum absolute atomic E-state index is 12.8. The summed E-state index contributed by atoms with van der Waals surface area (Å²) in [5.74, 6) is -2.15. The largest absolute Gasteiger partial charge is 0.478 e. The number of carboxylic acids is 1. The Balaban J connectivity index is 1.53. The third-order valence-electron chi connectivity index (χ3n) is 7.22. The number of piperidine rings is 2. The Labute approximate surface area is 233 Å². The molecule has 0 unspecified atom stereocenters. The van der Waals surface area contributed by atoms with Gasteiger partial charge in [0, 0.05) is 32.0 Å². The summed E-state index contributed by atoms with van der Waals surface area (Å²) in [7, 11) is -4.11. The molecule has 3 N–H and O–H groups in total. The lowest BCUT2D eigenvalue weighted by Crippen LogP contribution is -2.44. The van der Waals surface area contributed by atoms with Crippen molar-refractivity contribution in [3.8, 4) is 6.07 Å². The zero-order valence-corrected chi connectivity index (χ0v) is 23.0. The van der Waals surface area contributed by atoms with Gasteiger partial charge < -0.3 is 14.9 Å². The normalized spacial score (nSPS) is 16.4. The summed E-state index contributed by atoms with van der Waals surface area (Å²) in [6.07, 6.45) is 2.91. The monoisotopic (exact) mass is 568 g/mol. The average molecular weight is 569 g/mol. The van der Waals surface area contributed by atoms with E-state index in [-0.39, 0.29) is 35.7 Å². The zero-order valence-electron chi connectivity index (χ0n) is 22.2. The number of pyridine rings is 1. The summed E-state index contributed by atoms with van der Waals surface area (Å²) in [6, 6.07) is 10.3. The van der Waals surface area contributed by atoms with Crippen LogP contribution in [-0.4, -0.2) is 60.8 Å². The van der Waals surface area contributed by atoms with Crippen LogP contribution >= 0.6 is 0 Å². The molecule has 2 aliphatic heterocycles. The van der Waals surface area contributed by atoms with E-state index >= 15 is 0 Å². The molecule has 12 nitrogen and oxygen atoms in total. The number of nitrogens with one attached hydrogen (secondary N) is 2. The van der Waals surface area contributed by atoms with Crippen LogP contribution in [0.25, 0.3) is 0 Å². The molecule has 0 spiro atoms. The number of aromatic carboxylic acids is 1. The number of anilines is 2. The van der Waals surface area contributed by atoms with Gasteiger partial charge in [-0.3, -0.25) is 14.3 Å². The van der Waals surface area contributed by atoms with Crippen molar-refractivity contribution < 1.29 is 27.9 Å². The first-order valence-electron chi connectivity index (χ1n) is 13.2. The predicted molar refractivity (Wildman–Crippen MR) is 147 cm³/mol. The number of likely N-dealkylation sites (tertiary alicyclic amines) is 1. The van der Waals surface area contributed by atoms with Gasteiger partial charge in [0.05, 0.1) is 29.1 Å². The Bertz CT molecular complexity index is 1430. The molecule has 2 fully saturated rings. The van der Waals surface area contributed by atoms with Crippen molar-refractivity contribution in [2.24, 2.45) is 5.92 Å². The number of amides is 2. The SMILES string of the molecule is CCc1c(C#N)c(N2CCC(C(=O)NS(=O)(=O)Nc3ccccc3)CC2)nc(CN2CCCCC2=O)c1C(=O)O. The fourth-order valence-corrected chi connectivity index (χ4v) is 6.14. The molecule has 2 amide bonds. The van der Waals surface area contributed by atoms with Crippen molar-refractivity contribution in [1.82, 2.24) is 14.6 Å². The molecule has 2 aliphatic rings. The molecule has 1 aromatic carbocycles. The van der Waals surface area contributed by atoms with Crippen molar-refractivity contribution in [3.05, 3.63) is 52.7 Å². The summed E-state index contributed by atoms with van der Waals surface area (Å²) in [4.78, 5) is 45.5. The second-order valence-electron chi connectivity index (χ2n) is 9.85. The summed E-state index contributed by atoms with van der Waals surface area (Å²) < 4.78 is 29.3. The topological polar surface area (TPSA) is 173 Å². The smallest absolute Gasteiger partial charge is 0.337 e. The highest BCUT2D eigenvalue weighted by molar-refractivity contribution is 7.91. The molecular weight excluding hydrogens is 536 g/mol. The molecule has 212 valence electrons. The maximum Gasteiger partial charge on any atom is 0.337 e. The molecule has 2 aromatic rings. The third-order valence-corrected chi connectivity index (χ3v) is 8.20. The van der Waals surface area contributed by atoms with Crippen molar-refractivity contribution in [3.63, 3.8) is 0 Å². The number of carbonyl (C=O) groups is 3. The quantitative estimate of drug-likeness (QED) is 0.410. The number of aromatic nitrogens is 1. The van der Waals surface area contributed by atoms with E-state index in [1.165, 1.54) is 0 Å². The molecule has 0 atom stereocenters. The van der Waals surface area contributed by atoms with E-state index in [9.17, 15) is 33.2 Å². The molecule has 13 heteroatoms. The van der Waals surface area contributed by atoms with Crippen LogP contribution in [0, 0.1) is 17.2 Å². The van der Waals surface area contributed by atoms with E-state index in [2.05, 4.69) is 20.5 Å². The Morgan fingerprint density at radius 2 is 1.85 bits per heavy atom. The first-order valence-corrected chi connectivity index (χ1v) is 14.7. The highest BCUT2D eigenvalue weighted by Crippen LogP contribution is 2.31. The minimum atomic E-state index is -4.11. The number of para-hydroxylation sites is 1. The van der Waals surface area contributed by atoms with Crippen LogP contribution in [0.5, 0.6) is 0 Å². The number of nitrogens with zero attached hydrogens (tertiary/aromatic N) is 4. The predicted octanol–water partition coefficient (Wildman–Crippen LogP) is 2.42. The second-order valence-corrected chi connectivity index (χ2v) is 11.3. The van der Waals surface area contributed by atoms with Gasteiger partial charge in [0.2, 0.25) is 11.8 Å². The Morgan fingerprint density at radius 3 is 2.45 bits per heavy atom. The molecule has 0 bridgehead atoms. The van der Waals surface area contributed by atoms with Crippen molar-refractivity contribution >= 4 is 39.5 Å². The standard InChI is InChI=1S/C27H32N6O6S/c1-2-20-21(16-28)25(29-22(24(20)27(36)37)17-33-13-7-6-10-23(33)34)32-14-11-18(12-15-32)26(35)31-40(38,39)30-19-8-4-3-5-9-19/h3-5,8-9,18,30H,2,6-7,10-15,17H2,1H3,(H,31,35)(H,36,37). The van der Waals surface area contributed by atoms with Crippen LogP contribution in [0.2, 0.25) is 0 Å². The van der Waals surface area contributed by atoms with Gasteiger partial charge in [-0.05, 0) is 49.8 Å². The van der Waals surface area contributed by atoms with E-state index < -0.39 is 28.0 Å². The van der Waals surface area contributed by atoms with Crippen LogP contribution < -0.4 is 14.3 Å². The van der Waals surface area contributed by atoms with Gasteiger partial charge in [0.25, 0.3) is 0 Å². The van der Waals surface area contributed by atoms with Crippen LogP contribution in [-0.2, 0) is 32.8 Å². The molecule has 1 aromatic heterocycles. The lowest BCUT2D eigenvalue weighted by molar-refractivity contribution is -0.134. The Hall–Kier alpha value is -4.18. The summed E-state index contributed by atoms with van der Waals surface area (Å²) in [6.45, 7) is 2.94. The summed E-state index contributed by atoms with van der Waals surface area (Å²) >= 11 is 0. The fourth-order valence-electron chi connectivity index (χ4n) is 5.21. The van der Waals surface area contributed by atoms with Gasteiger partial charge in [-0.25, -0.2) is 14.5 Å². The lowest BCUT2D eigenvalue weighted by Gasteiger charge is -2.34. The fraction of sp³-hybridized carbons (Fsp3) is 0.444. The average Bonchev–Trinajstić information content (AvgIpc) is 2.93. The van der Waals surface area contributed by atoms with E-state index in [1.54, 1.807) is 42.2 Å². The van der Waals surface area contributed by atoms with Gasteiger partial charge in [0.1, 0.15) is 11.9 Å². The molecule has 0 saturated carbocycles. The maximum atomic E-state index is 12.8. The molecule has 4 rings (SSSR count). The van der Waals surface area contributed by atoms with Gasteiger partial charge in [-0.2, -0.15) is 13.7 Å². The second kappa shape index (κ2) is 12.3. The van der Waals surface area contributed by atoms with E-state index in [0.717, 1.165) is 12.8 Å². The minimum absolute atomic E-state index is 0.0390. The Kier molecular flexibility index (Phi) is 8.89. The Morgan fingerprint density at radius 1 is 1.15 bits per heavy atom. The van der Waals surface area contributed by atoms with Crippen molar-refractivity contribution in [2.45, 2.75) is 52.0 Å². The number of rotatable bonds is 9.